The van der Waals surface area contributed by atoms with Crippen molar-refractivity contribution in [2.24, 2.45) is 5.73 Å². The number of nitrogens with two attached hydrogens (primary N) is 1. The van der Waals surface area contributed by atoms with Crippen LogP contribution in [0.1, 0.15) is 5.01 Å². The molecule has 1 aromatic carbocycles. The van der Waals surface area contributed by atoms with Crippen molar-refractivity contribution in [1.82, 2.24) is 4.98 Å². The van der Waals surface area contributed by atoms with Gasteiger partial charge in [-0.3, -0.25) is 0 Å². The summed E-state index contributed by atoms with van der Waals surface area (Å²) in [6.45, 7) is 0.623. The van der Waals surface area contributed by atoms with E-state index in [0.717, 1.165) is 32.2 Å². The molecule has 1 heterocycles. The Kier molecular flexibility index (Phi) is 4.15. The lowest BCUT2D eigenvalue weighted by molar-refractivity contribution is 0.415. The van der Waals surface area contributed by atoms with Gasteiger partial charge < -0.3 is 10.5 Å². The van der Waals surface area contributed by atoms with E-state index >= 15 is 0 Å². The van der Waals surface area contributed by atoms with Gasteiger partial charge in [0.25, 0.3) is 0 Å². The average molecular weight is 313 g/mol. The van der Waals surface area contributed by atoms with Crippen LogP contribution in [0.25, 0.3) is 11.3 Å². The summed E-state index contributed by atoms with van der Waals surface area (Å²) >= 11 is 5.18. The van der Waals surface area contributed by atoms with Gasteiger partial charge in [-0.1, -0.05) is 12.1 Å². The Balaban J connectivity index is 2.37. The van der Waals surface area contributed by atoms with Gasteiger partial charge in [-0.05, 0) is 34.6 Å². The fourth-order valence-corrected chi connectivity index (χ4v) is 3.22. The van der Waals surface area contributed by atoms with Gasteiger partial charge in [0.1, 0.15) is 5.75 Å². The minimum Gasteiger partial charge on any atom is -0.497 e. The SMILES string of the molecule is COc1cccc(-c2nc(CCN)sc2Br)c1. The number of halogens is 1. The highest BCUT2D eigenvalue weighted by Crippen LogP contribution is 2.34. The lowest BCUT2D eigenvalue weighted by atomic mass is 10.2. The van der Waals surface area contributed by atoms with Gasteiger partial charge in [-0.2, -0.15) is 0 Å². The van der Waals surface area contributed by atoms with Gasteiger partial charge in [0, 0.05) is 12.0 Å². The Morgan fingerprint density at radius 3 is 3.00 bits per heavy atom. The van der Waals surface area contributed by atoms with E-state index in [-0.39, 0.29) is 0 Å². The first-order valence-electron chi connectivity index (χ1n) is 5.24. The molecule has 2 aromatic rings. The molecule has 17 heavy (non-hydrogen) atoms. The summed E-state index contributed by atoms with van der Waals surface area (Å²) in [6, 6.07) is 7.88. The van der Waals surface area contributed by atoms with E-state index < -0.39 is 0 Å². The molecular formula is C12H13BrN2OS. The number of hydrogen-bond acceptors (Lipinski definition) is 4. The van der Waals surface area contributed by atoms with Crippen molar-refractivity contribution in [3.8, 4) is 17.0 Å². The zero-order valence-electron chi connectivity index (χ0n) is 9.44. The topological polar surface area (TPSA) is 48.1 Å². The standard InChI is InChI=1S/C12H13BrN2OS/c1-16-9-4-2-3-8(7-9)11-12(13)17-10(15-11)5-6-14/h2-4,7H,5-6,14H2,1H3. The number of hydrogen-bond donors (Lipinski definition) is 1. The van der Waals surface area contributed by atoms with Crippen molar-refractivity contribution >= 4 is 27.3 Å². The number of methoxy groups -OCH3 is 1. The summed E-state index contributed by atoms with van der Waals surface area (Å²) in [7, 11) is 1.66. The second kappa shape index (κ2) is 5.62. The maximum atomic E-state index is 5.54. The second-order valence-electron chi connectivity index (χ2n) is 3.50. The molecule has 0 bridgehead atoms. The monoisotopic (exact) mass is 312 g/mol. The summed E-state index contributed by atoms with van der Waals surface area (Å²) in [5, 5.41) is 1.05. The van der Waals surface area contributed by atoms with Crippen LogP contribution in [0.2, 0.25) is 0 Å². The van der Waals surface area contributed by atoms with Gasteiger partial charge in [-0.25, -0.2) is 4.98 Å². The minimum atomic E-state index is 0.623. The summed E-state index contributed by atoms with van der Waals surface area (Å²) < 4.78 is 6.25. The highest BCUT2D eigenvalue weighted by atomic mass is 79.9. The molecule has 0 saturated carbocycles. The predicted molar refractivity (Wildman–Crippen MR) is 74.6 cm³/mol. The molecule has 2 rings (SSSR count). The first-order valence-corrected chi connectivity index (χ1v) is 6.85. The molecule has 0 saturated heterocycles. The van der Waals surface area contributed by atoms with Crippen LogP contribution in [0, 0.1) is 0 Å². The smallest absolute Gasteiger partial charge is 0.119 e. The van der Waals surface area contributed by atoms with E-state index in [1.165, 1.54) is 0 Å². The highest BCUT2D eigenvalue weighted by Gasteiger charge is 2.11. The Morgan fingerprint density at radius 1 is 1.47 bits per heavy atom. The number of benzene rings is 1. The number of thiazole rings is 1. The molecule has 2 N–H and O–H groups in total. The quantitative estimate of drug-likeness (QED) is 0.943. The third-order valence-electron chi connectivity index (χ3n) is 2.33. The van der Waals surface area contributed by atoms with E-state index in [2.05, 4.69) is 20.9 Å². The Morgan fingerprint density at radius 2 is 2.29 bits per heavy atom. The molecule has 3 nitrogen and oxygen atoms in total. The first-order chi connectivity index (χ1) is 8.24. The summed E-state index contributed by atoms with van der Waals surface area (Å²) in [6.07, 6.45) is 0.813. The molecule has 0 atom stereocenters. The van der Waals surface area contributed by atoms with E-state index in [0.29, 0.717) is 6.54 Å². The van der Waals surface area contributed by atoms with Gasteiger partial charge in [-0.15, -0.1) is 11.3 Å². The average Bonchev–Trinajstić information content (AvgIpc) is 2.71. The van der Waals surface area contributed by atoms with Crippen molar-refractivity contribution in [2.75, 3.05) is 13.7 Å². The van der Waals surface area contributed by atoms with Crippen LogP contribution >= 0.6 is 27.3 Å². The van der Waals surface area contributed by atoms with Crippen molar-refractivity contribution in [1.29, 1.82) is 0 Å². The minimum absolute atomic E-state index is 0.623. The van der Waals surface area contributed by atoms with Crippen LogP contribution < -0.4 is 10.5 Å². The van der Waals surface area contributed by atoms with Crippen molar-refractivity contribution < 1.29 is 4.74 Å². The predicted octanol–water partition coefficient (Wildman–Crippen LogP) is 3.08. The van der Waals surface area contributed by atoms with Crippen molar-refractivity contribution in [3.05, 3.63) is 33.1 Å². The van der Waals surface area contributed by atoms with Crippen LogP contribution in [0.15, 0.2) is 28.1 Å². The highest BCUT2D eigenvalue weighted by molar-refractivity contribution is 9.11. The van der Waals surface area contributed by atoms with E-state index in [9.17, 15) is 0 Å². The molecule has 1 aromatic heterocycles. The molecule has 0 fully saturated rings. The van der Waals surface area contributed by atoms with Gasteiger partial charge >= 0.3 is 0 Å². The van der Waals surface area contributed by atoms with Crippen LogP contribution in [0.5, 0.6) is 5.75 Å². The number of aromatic nitrogens is 1. The summed E-state index contributed by atoms with van der Waals surface area (Å²) in [5.41, 5.74) is 7.54. The Bertz CT molecular complexity index is 513. The fraction of sp³-hybridized carbons (Fsp3) is 0.250. The zero-order chi connectivity index (χ0) is 12.3. The normalized spacial score (nSPS) is 10.5. The van der Waals surface area contributed by atoms with Gasteiger partial charge in [0.2, 0.25) is 0 Å². The number of nitrogens with zero attached hydrogens (tertiary/aromatic N) is 1. The van der Waals surface area contributed by atoms with E-state index in [1.54, 1.807) is 18.4 Å². The molecule has 90 valence electrons. The first kappa shape index (κ1) is 12.5. The Labute approximate surface area is 113 Å². The maximum Gasteiger partial charge on any atom is 0.119 e. The Hall–Kier alpha value is -0.910. The second-order valence-corrected chi connectivity index (χ2v) is 5.90. The van der Waals surface area contributed by atoms with Crippen LogP contribution in [-0.2, 0) is 6.42 Å². The van der Waals surface area contributed by atoms with Crippen molar-refractivity contribution in [2.45, 2.75) is 6.42 Å². The lowest BCUT2D eigenvalue weighted by Gasteiger charge is -2.02. The molecule has 0 aliphatic carbocycles. The lowest BCUT2D eigenvalue weighted by Crippen LogP contribution is -2.01. The van der Waals surface area contributed by atoms with Crippen LogP contribution in [-0.4, -0.2) is 18.6 Å². The summed E-state index contributed by atoms with van der Waals surface area (Å²) in [5.74, 6) is 0.836. The number of ether oxygens (including phenoxy) is 1. The zero-order valence-corrected chi connectivity index (χ0v) is 11.8. The van der Waals surface area contributed by atoms with Gasteiger partial charge in [0.05, 0.1) is 21.6 Å². The molecule has 0 amide bonds. The third-order valence-corrected chi connectivity index (χ3v) is 4.10. The largest absolute Gasteiger partial charge is 0.497 e. The van der Waals surface area contributed by atoms with E-state index in [4.69, 9.17) is 10.5 Å². The molecule has 5 heteroatoms. The fourth-order valence-electron chi connectivity index (χ4n) is 1.52. The van der Waals surface area contributed by atoms with Crippen LogP contribution in [0.4, 0.5) is 0 Å². The third kappa shape index (κ3) is 2.86. The van der Waals surface area contributed by atoms with Gasteiger partial charge in [0.15, 0.2) is 0 Å². The van der Waals surface area contributed by atoms with Crippen molar-refractivity contribution in [3.63, 3.8) is 0 Å². The van der Waals surface area contributed by atoms with Crippen LogP contribution in [0.3, 0.4) is 0 Å². The number of rotatable bonds is 4. The molecule has 0 radical (unpaired) electrons. The molecule has 0 spiro atoms. The molecular weight excluding hydrogens is 300 g/mol. The summed E-state index contributed by atoms with van der Waals surface area (Å²) in [4.78, 5) is 4.58. The van der Waals surface area contributed by atoms with E-state index in [1.807, 2.05) is 24.3 Å². The molecule has 0 aliphatic heterocycles. The molecule has 0 aliphatic rings. The maximum absolute atomic E-state index is 5.54. The molecule has 0 unspecified atom stereocenters.